The van der Waals surface area contributed by atoms with E-state index >= 15 is 0 Å². The largest absolute Gasteiger partial charge is 0.448 e. The molecule has 32 heavy (non-hydrogen) atoms. The van der Waals surface area contributed by atoms with E-state index in [0.29, 0.717) is 37.6 Å². The lowest BCUT2D eigenvalue weighted by atomic mass is 10.3. The Bertz CT molecular complexity index is 1200. The number of aromatic nitrogens is 4. The Morgan fingerprint density at radius 1 is 1.03 bits per heavy atom. The van der Waals surface area contributed by atoms with E-state index in [-0.39, 0.29) is 29.0 Å². The average molecular weight is 444 g/mol. The Hall–Kier alpha value is -3.73. The van der Waals surface area contributed by atoms with Crippen LogP contribution in [-0.2, 0) is 19.4 Å². The zero-order valence-electron chi connectivity index (χ0n) is 16.8. The second kappa shape index (κ2) is 9.60. The number of aromatic amines is 1. The standard InChI is InChI=1S/C21H19F3N6O2/c22-12-2-1-7-26-15(12)10-27-21(31)16-11-32-18(28-16)6-9-25-8-5-17-29-19-13(23)3-4-14(24)20(19)30-17/h1-4,7,11,25H,5-6,8-10H2,(H,27,31)(H,29,30). The molecule has 1 amide bonds. The van der Waals surface area contributed by atoms with Crippen LogP contribution in [0.1, 0.15) is 27.9 Å². The molecule has 3 heterocycles. The molecule has 0 aliphatic rings. The highest BCUT2D eigenvalue weighted by Gasteiger charge is 2.14. The number of nitrogens with zero attached hydrogens (tertiary/aromatic N) is 3. The molecule has 0 aliphatic heterocycles. The summed E-state index contributed by atoms with van der Waals surface area (Å²) in [6.45, 7) is 0.946. The molecule has 0 saturated heterocycles. The van der Waals surface area contributed by atoms with Crippen LogP contribution in [-0.4, -0.2) is 38.9 Å². The van der Waals surface area contributed by atoms with Gasteiger partial charge in [0, 0.05) is 32.1 Å². The molecule has 0 saturated carbocycles. The van der Waals surface area contributed by atoms with Gasteiger partial charge in [0.2, 0.25) is 0 Å². The summed E-state index contributed by atoms with van der Waals surface area (Å²) in [6.07, 6.45) is 3.54. The first-order valence-electron chi connectivity index (χ1n) is 9.86. The van der Waals surface area contributed by atoms with E-state index in [4.69, 9.17) is 4.42 Å². The predicted molar refractivity (Wildman–Crippen MR) is 108 cm³/mol. The summed E-state index contributed by atoms with van der Waals surface area (Å²) in [6, 6.07) is 4.83. The summed E-state index contributed by atoms with van der Waals surface area (Å²) in [5.74, 6) is -1.30. The zero-order chi connectivity index (χ0) is 22.5. The van der Waals surface area contributed by atoms with Crippen LogP contribution < -0.4 is 10.6 Å². The molecule has 0 bridgehead atoms. The Morgan fingerprint density at radius 2 is 1.84 bits per heavy atom. The number of H-pyrrole nitrogens is 1. The van der Waals surface area contributed by atoms with Crippen molar-refractivity contribution in [2.45, 2.75) is 19.4 Å². The number of imidazole rings is 1. The predicted octanol–water partition coefficient (Wildman–Crippen LogP) is 2.67. The third-order valence-corrected chi connectivity index (χ3v) is 4.68. The van der Waals surface area contributed by atoms with Gasteiger partial charge in [-0.3, -0.25) is 9.78 Å². The molecule has 4 aromatic rings. The number of carbonyl (C=O) groups excluding carboxylic acids is 1. The maximum absolute atomic E-state index is 13.7. The molecule has 0 aliphatic carbocycles. The maximum Gasteiger partial charge on any atom is 0.273 e. The number of halogens is 3. The van der Waals surface area contributed by atoms with Crippen molar-refractivity contribution in [2.24, 2.45) is 0 Å². The number of nitrogens with one attached hydrogen (secondary N) is 3. The van der Waals surface area contributed by atoms with Crippen molar-refractivity contribution in [2.75, 3.05) is 13.1 Å². The molecule has 8 nitrogen and oxygen atoms in total. The van der Waals surface area contributed by atoms with Crippen molar-refractivity contribution < 1.29 is 22.4 Å². The summed E-state index contributed by atoms with van der Waals surface area (Å²) >= 11 is 0. The van der Waals surface area contributed by atoms with Gasteiger partial charge in [0.15, 0.2) is 17.4 Å². The van der Waals surface area contributed by atoms with Gasteiger partial charge in [0.25, 0.3) is 5.91 Å². The number of pyridine rings is 1. The smallest absolute Gasteiger partial charge is 0.273 e. The van der Waals surface area contributed by atoms with Crippen LogP contribution in [0.5, 0.6) is 0 Å². The van der Waals surface area contributed by atoms with E-state index in [9.17, 15) is 18.0 Å². The van der Waals surface area contributed by atoms with Gasteiger partial charge in [-0.25, -0.2) is 23.1 Å². The van der Waals surface area contributed by atoms with Gasteiger partial charge in [0.1, 0.15) is 34.8 Å². The lowest BCUT2D eigenvalue weighted by Gasteiger charge is -2.03. The summed E-state index contributed by atoms with van der Waals surface area (Å²) in [4.78, 5) is 27.0. The summed E-state index contributed by atoms with van der Waals surface area (Å²) in [5.41, 5.74) is 0.249. The van der Waals surface area contributed by atoms with Gasteiger partial charge in [-0.05, 0) is 24.3 Å². The SMILES string of the molecule is O=C(NCc1ncccc1F)c1coc(CCNCCc2nc3c(F)ccc(F)c3[nH]2)n1. The number of fused-ring (bicyclic) bond motifs is 1. The number of oxazole rings is 1. The van der Waals surface area contributed by atoms with Gasteiger partial charge in [0.05, 0.1) is 12.2 Å². The molecule has 0 atom stereocenters. The van der Waals surface area contributed by atoms with E-state index in [1.54, 1.807) is 0 Å². The number of hydrogen-bond acceptors (Lipinski definition) is 6. The number of rotatable bonds is 9. The maximum atomic E-state index is 13.7. The van der Waals surface area contributed by atoms with Gasteiger partial charge < -0.3 is 20.0 Å². The summed E-state index contributed by atoms with van der Waals surface area (Å²) in [5, 5.41) is 5.69. The van der Waals surface area contributed by atoms with Crippen LogP contribution in [0.15, 0.2) is 41.1 Å². The minimum Gasteiger partial charge on any atom is -0.448 e. The Morgan fingerprint density at radius 3 is 2.66 bits per heavy atom. The van der Waals surface area contributed by atoms with Crippen molar-refractivity contribution in [1.29, 1.82) is 0 Å². The first kappa shape index (κ1) is 21.5. The highest BCUT2D eigenvalue weighted by Crippen LogP contribution is 2.18. The molecular weight excluding hydrogens is 425 g/mol. The van der Waals surface area contributed by atoms with E-state index < -0.39 is 23.4 Å². The fraction of sp³-hybridized carbons (Fsp3) is 0.238. The van der Waals surface area contributed by atoms with Crippen LogP contribution in [0.2, 0.25) is 0 Å². The lowest BCUT2D eigenvalue weighted by molar-refractivity contribution is 0.0945. The number of benzene rings is 1. The molecule has 0 spiro atoms. The molecule has 11 heteroatoms. The number of amides is 1. The minimum absolute atomic E-state index is 0.0172. The van der Waals surface area contributed by atoms with Gasteiger partial charge >= 0.3 is 0 Å². The monoisotopic (exact) mass is 444 g/mol. The van der Waals surface area contributed by atoms with Gasteiger partial charge in [-0.15, -0.1) is 0 Å². The molecule has 4 rings (SSSR count). The summed E-state index contributed by atoms with van der Waals surface area (Å²) < 4.78 is 46.2. The molecule has 3 aromatic heterocycles. The van der Waals surface area contributed by atoms with Gasteiger partial charge in [-0.2, -0.15) is 0 Å². The van der Waals surface area contributed by atoms with Crippen molar-refractivity contribution in [1.82, 2.24) is 30.6 Å². The highest BCUT2D eigenvalue weighted by atomic mass is 19.1. The molecule has 3 N–H and O–H groups in total. The minimum atomic E-state index is -0.578. The van der Waals surface area contributed by atoms with E-state index in [0.717, 1.165) is 12.1 Å². The fourth-order valence-electron chi connectivity index (χ4n) is 3.06. The van der Waals surface area contributed by atoms with Crippen LogP contribution in [0, 0.1) is 17.5 Å². The molecule has 166 valence electrons. The Kier molecular flexibility index (Phi) is 6.45. The first-order valence-corrected chi connectivity index (χ1v) is 9.86. The normalized spacial score (nSPS) is 11.2. The zero-order valence-corrected chi connectivity index (χ0v) is 16.8. The van der Waals surface area contributed by atoms with E-state index in [2.05, 4.69) is 30.6 Å². The van der Waals surface area contributed by atoms with Crippen molar-refractivity contribution in [3.05, 3.63) is 77.3 Å². The first-order chi connectivity index (χ1) is 15.5. The Labute approximate surface area is 180 Å². The second-order valence-corrected chi connectivity index (χ2v) is 6.93. The molecule has 0 radical (unpaired) electrons. The molecular formula is C21H19F3N6O2. The van der Waals surface area contributed by atoms with Crippen LogP contribution in [0.25, 0.3) is 11.0 Å². The van der Waals surface area contributed by atoms with Crippen molar-refractivity contribution >= 4 is 16.9 Å². The Balaban J connectivity index is 1.21. The number of carbonyl (C=O) groups is 1. The van der Waals surface area contributed by atoms with Crippen molar-refractivity contribution in [3.63, 3.8) is 0 Å². The average Bonchev–Trinajstić information content (AvgIpc) is 3.44. The van der Waals surface area contributed by atoms with Gasteiger partial charge in [-0.1, -0.05) is 0 Å². The second-order valence-electron chi connectivity index (χ2n) is 6.93. The lowest BCUT2D eigenvalue weighted by Crippen LogP contribution is -2.24. The highest BCUT2D eigenvalue weighted by molar-refractivity contribution is 5.91. The van der Waals surface area contributed by atoms with Crippen molar-refractivity contribution in [3.8, 4) is 0 Å². The quantitative estimate of drug-likeness (QED) is 0.343. The molecule has 1 aromatic carbocycles. The third kappa shape index (κ3) is 4.94. The number of hydrogen-bond donors (Lipinski definition) is 3. The van der Waals surface area contributed by atoms with Crippen LogP contribution >= 0.6 is 0 Å². The van der Waals surface area contributed by atoms with Crippen LogP contribution in [0.4, 0.5) is 13.2 Å². The molecule has 0 unspecified atom stereocenters. The summed E-state index contributed by atoms with van der Waals surface area (Å²) in [7, 11) is 0. The molecule has 0 fully saturated rings. The van der Waals surface area contributed by atoms with E-state index in [1.165, 1.54) is 24.6 Å². The van der Waals surface area contributed by atoms with E-state index in [1.807, 2.05) is 0 Å². The van der Waals surface area contributed by atoms with Crippen LogP contribution in [0.3, 0.4) is 0 Å². The third-order valence-electron chi connectivity index (χ3n) is 4.68. The topological polar surface area (TPSA) is 109 Å². The fourth-order valence-corrected chi connectivity index (χ4v) is 3.06.